The molecule has 2 aromatic rings. The van der Waals surface area contributed by atoms with Crippen molar-refractivity contribution in [2.75, 3.05) is 33.3 Å². The lowest BCUT2D eigenvalue weighted by atomic mass is 9.94. The molecular formula is C21H27FN2O. The number of hydrogen-bond donors (Lipinski definition) is 1. The summed E-state index contributed by atoms with van der Waals surface area (Å²) in [6, 6.07) is 12.0. The van der Waals surface area contributed by atoms with Crippen LogP contribution in [0.25, 0.3) is 0 Å². The third kappa shape index (κ3) is 4.20. The number of hydrogen-bond acceptors (Lipinski definition) is 3. The largest absolute Gasteiger partial charge is 0.494 e. The molecule has 0 aromatic heterocycles. The fourth-order valence-corrected chi connectivity index (χ4v) is 3.76. The molecule has 0 bridgehead atoms. The SMILES string of the molecule is COc1ccc(C(c2cc(C)cc(C)c2)N2CCCNCC2)cc1F. The van der Waals surface area contributed by atoms with Crippen LogP contribution in [0, 0.1) is 19.7 Å². The Labute approximate surface area is 149 Å². The summed E-state index contributed by atoms with van der Waals surface area (Å²) < 4.78 is 19.5. The van der Waals surface area contributed by atoms with E-state index in [-0.39, 0.29) is 11.9 Å². The van der Waals surface area contributed by atoms with E-state index in [1.807, 2.05) is 6.07 Å². The van der Waals surface area contributed by atoms with E-state index in [0.29, 0.717) is 5.75 Å². The van der Waals surface area contributed by atoms with Gasteiger partial charge in [0.15, 0.2) is 11.6 Å². The average Bonchev–Trinajstić information content (AvgIpc) is 2.84. The van der Waals surface area contributed by atoms with E-state index in [9.17, 15) is 4.39 Å². The first-order valence-corrected chi connectivity index (χ1v) is 8.95. The number of methoxy groups -OCH3 is 1. The standard InChI is InChI=1S/C21H27FN2O/c1-15-11-16(2)13-18(12-15)21(24-9-4-7-23-8-10-24)17-5-6-20(25-3)19(22)14-17/h5-6,11-14,21,23H,4,7-10H2,1-3H3. The molecule has 134 valence electrons. The van der Waals surface area contributed by atoms with Gasteiger partial charge < -0.3 is 10.1 Å². The molecule has 1 atom stereocenters. The maximum absolute atomic E-state index is 14.4. The van der Waals surface area contributed by atoms with Gasteiger partial charge >= 0.3 is 0 Å². The first-order valence-electron chi connectivity index (χ1n) is 8.95. The molecule has 1 heterocycles. The van der Waals surface area contributed by atoms with Crippen molar-refractivity contribution in [2.45, 2.75) is 26.3 Å². The van der Waals surface area contributed by atoms with Crippen molar-refractivity contribution in [1.29, 1.82) is 0 Å². The molecule has 0 spiro atoms. The molecule has 1 unspecified atom stereocenters. The van der Waals surface area contributed by atoms with E-state index in [1.54, 1.807) is 12.1 Å². The molecule has 0 aliphatic carbocycles. The van der Waals surface area contributed by atoms with Gasteiger partial charge in [0, 0.05) is 19.6 Å². The van der Waals surface area contributed by atoms with Crippen molar-refractivity contribution in [1.82, 2.24) is 10.2 Å². The summed E-state index contributed by atoms with van der Waals surface area (Å²) in [5.74, 6) is -0.0113. The van der Waals surface area contributed by atoms with Crippen molar-refractivity contribution in [3.05, 3.63) is 64.5 Å². The van der Waals surface area contributed by atoms with Crippen LogP contribution in [-0.4, -0.2) is 38.2 Å². The topological polar surface area (TPSA) is 24.5 Å². The number of halogens is 1. The zero-order chi connectivity index (χ0) is 17.8. The molecule has 4 heteroatoms. The van der Waals surface area contributed by atoms with E-state index in [0.717, 1.165) is 38.2 Å². The molecule has 25 heavy (non-hydrogen) atoms. The Morgan fingerprint density at radius 1 is 1.00 bits per heavy atom. The summed E-state index contributed by atoms with van der Waals surface area (Å²) in [7, 11) is 1.50. The van der Waals surface area contributed by atoms with Crippen LogP contribution in [0.15, 0.2) is 36.4 Å². The second kappa shape index (κ2) is 7.98. The van der Waals surface area contributed by atoms with E-state index in [4.69, 9.17) is 4.74 Å². The van der Waals surface area contributed by atoms with Crippen LogP contribution in [0.4, 0.5) is 4.39 Å². The van der Waals surface area contributed by atoms with Crippen LogP contribution in [0.1, 0.15) is 34.7 Å². The molecule has 1 aliphatic heterocycles. The quantitative estimate of drug-likeness (QED) is 0.914. The minimum atomic E-state index is -0.303. The number of benzene rings is 2. The van der Waals surface area contributed by atoms with Crippen molar-refractivity contribution in [2.24, 2.45) is 0 Å². The van der Waals surface area contributed by atoms with Crippen LogP contribution >= 0.6 is 0 Å². The first kappa shape index (κ1) is 17.9. The normalized spacial score (nSPS) is 17.1. The van der Waals surface area contributed by atoms with E-state index < -0.39 is 0 Å². The lowest BCUT2D eigenvalue weighted by Gasteiger charge is -2.32. The maximum atomic E-state index is 14.4. The predicted molar refractivity (Wildman–Crippen MR) is 99.8 cm³/mol. The van der Waals surface area contributed by atoms with E-state index in [1.165, 1.54) is 23.8 Å². The average molecular weight is 342 g/mol. The summed E-state index contributed by atoms with van der Waals surface area (Å²) in [4.78, 5) is 2.45. The maximum Gasteiger partial charge on any atom is 0.165 e. The summed E-state index contributed by atoms with van der Waals surface area (Å²) in [5, 5.41) is 3.45. The third-order valence-electron chi connectivity index (χ3n) is 4.79. The minimum Gasteiger partial charge on any atom is -0.494 e. The molecule has 1 saturated heterocycles. The zero-order valence-electron chi connectivity index (χ0n) is 15.3. The Morgan fingerprint density at radius 3 is 2.44 bits per heavy atom. The van der Waals surface area contributed by atoms with Gasteiger partial charge in [-0.2, -0.15) is 0 Å². The second-order valence-electron chi connectivity index (χ2n) is 6.86. The van der Waals surface area contributed by atoms with Gasteiger partial charge in [-0.1, -0.05) is 35.4 Å². The molecule has 0 radical (unpaired) electrons. The van der Waals surface area contributed by atoms with Gasteiger partial charge in [0.25, 0.3) is 0 Å². The van der Waals surface area contributed by atoms with Crippen molar-refractivity contribution >= 4 is 0 Å². The van der Waals surface area contributed by atoms with Gasteiger partial charge in [0.2, 0.25) is 0 Å². The van der Waals surface area contributed by atoms with Crippen molar-refractivity contribution < 1.29 is 9.13 Å². The van der Waals surface area contributed by atoms with Crippen LogP contribution in [0.5, 0.6) is 5.75 Å². The Morgan fingerprint density at radius 2 is 1.76 bits per heavy atom. The molecule has 2 aromatic carbocycles. The van der Waals surface area contributed by atoms with Gasteiger partial charge in [-0.05, 0) is 50.1 Å². The van der Waals surface area contributed by atoms with Gasteiger partial charge in [-0.25, -0.2) is 4.39 Å². The third-order valence-corrected chi connectivity index (χ3v) is 4.79. The predicted octanol–water partition coefficient (Wildman–Crippen LogP) is 3.84. The van der Waals surface area contributed by atoms with Crippen molar-refractivity contribution in [3.63, 3.8) is 0 Å². The summed E-state index contributed by atoms with van der Waals surface area (Å²) >= 11 is 0. The van der Waals surface area contributed by atoms with Crippen LogP contribution in [0.3, 0.4) is 0 Å². The Hall–Kier alpha value is -1.91. The number of nitrogens with one attached hydrogen (secondary N) is 1. The van der Waals surface area contributed by atoms with Crippen LogP contribution < -0.4 is 10.1 Å². The molecule has 1 aliphatic rings. The lowest BCUT2D eigenvalue weighted by molar-refractivity contribution is 0.240. The molecule has 1 fully saturated rings. The number of rotatable bonds is 4. The van der Waals surface area contributed by atoms with Crippen LogP contribution in [0.2, 0.25) is 0 Å². The fourth-order valence-electron chi connectivity index (χ4n) is 3.76. The highest BCUT2D eigenvalue weighted by Crippen LogP contribution is 2.32. The van der Waals surface area contributed by atoms with Crippen LogP contribution in [-0.2, 0) is 0 Å². The fraction of sp³-hybridized carbons (Fsp3) is 0.429. The minimum absolute atomic E-state index is 0.0545. The van der Waals surface area contributed by atoms with E-state index >= 15 is 0 Å². The lowest BCUT2D eigenvalue weighted by Crippen LogP contribution is -2.33. The van der Waals surface area contributed by atoms with Gasteiger partial charge in [-0.15, -0.1) is 0 Å². The molecular weight excluding hydrogens is 315 g/mol. The number of aryl methyl sites for hydroxylation is 2. The zero-order valence-corrected chi connectivity index (χ0v) is 15.3. The highest BCUT2D eigenvalue weighted by Gasteiger charge is 2.24. The molecule has 3 nitrogen and oxygen atoms in total. The Kier molecular flexibility index (Phi) is 5.71. The van der Waals surface area contributed by atoms with Gasteiger partial charge in [0.1, 0.15) is 0 Å². The molecule has 1 N–H and O–H groups in total. The van der Waals surface area contributed by atoms with Gasteiger partial charge in [0.05, 0.1) is 13.2 Å². The first-order chi connectivity index (χ1) is 12.1. The summed E-state index contributed by atoms with van der Waals surface area (Å²) in [6.07, 6.45) is 1.10. The summed E-state index contributed by atoms with van der Waals surface area (Å²) in [5.41, 5.74) is 4.68. The molecule has 0 amide bonds. The number of ether oxygens (including phenoxy) is 1. The Balaban J connectivity index is 2.05. The summed E-state index contributed by atoms with van der Waals surface area (Å²) in [6.45, 7) is 8.18. The molecule has 0 saturated carbocycles. The molecule has 3 rings (SSSR count). The smallest absolute Gasteiger partial charge is 0.165 e. The monoisotopic (exact) mass is 342 g/mol. The van der Waals surface area contributed by atoms with Gasteiger partial charge in [-0.3, -0.25) is 4.90 Å². The number of nitrogens with zero attached hydrogens (tertiary/aromatic N) is 1. The highest BCUT2D eigenvalue weighted by atomic mass is 19.1. The van der Waals surface area contributed by atoms with E-state index in [2.05, 4.69) is 42.3 Å². The van der Waals surface area contributed by atoms with Crippen molar-refractivity contribution in [3.8, 4) is 5.75 Å². The highest BCUT2D eigenvalue weighted by molar-refractivity contribution is 5.39. The Bertz CT molecular complexity index is 704. The second-order valence-corrected chi connectivity index (χ2v) is 6.86.